The highest BCUT2D eigenvalue weighted by molar-refractivity contribution is 7.91. The van der Waals surface area contributed by atoms with E-state index in [-0.39, 0.29) is 22.2 Å². The Morgan fingerprint density at radius 1 is 1.04 bits per heavy atom. The quantitative estimate of drug-likeness (QED) is 0.573. The SMILES string of the molecule is O=C(Cn1cc(S(=O)(=O)c2ccccc2)c2ccccc21)Nc1ccon1. The minimum atomic E-state index is -3.71. The topological polar surface area (TPSA) is 94.2 Å². The van der Waals surface area contributed by atoms with Crippen LogP contribution in [0.5, 0.6) is 0 Å². The van der Waals surface area contributed by atoms with Crippen LogP contribution >= 0.6 is 0 Å². The number of fused-ring (bicyclic) bond motifs is 1. The Morgan fingerprint density at radius 3 is 2.52 bits per heavy atom. The van der Waals surface area contributed by atoms with Gasteiger partial charge in [-0.25, -0.2) is 8.42 Å². The van der Waals surface area contributed by atoms with Crippen molar-refractivity contribution in [2.24, 2.45) is 0 Å². The Hall–Kier alpha value is -3.39. The lowest BCUT2D eigenvalue weighted by Crippen LogP contribution is -2.18. The fourth-order valence-corrected chi connectivity index (χ4v) is 4.40. The third kappa shape index (κ3) is 3.22. The number of nitrogens with zero attached hydrogens (tertiary/aromatic N) is 2. The molecule has 0 bridgehead atoms. The van der Waals surface area contributed by atoms with Crippen LogP contribution in [0, 0.1) is 0 Å². The first-order chi connectivity index (χ1) is 13.1. The van der Waals surface area contributed by atoms with E-state index in [2.05, 4.69) is 15.0 Å². The summed E-state index contributed by atoms with van der Waals surface area (Å²) in [4.78, 5) is 12.7. The number of anilines is 1. The number of hydrogen-bond acceptors (Lipinski definition) is 5. The highest BCUT2D eigenvalue weighted by Gasteiger charge is 2.23. The first-order valence-corrected chi connectivity index (χ1v) is 9.62. The molecular weight excluding hydrogens is 366 g/mol. The van der Waals surface area contributed by atoms with Gasteiger partial charge in [0, 0.05) is 23.2 Å². The minimum Gasteiger partial charge on any atom is -0.363 e. The lowest BCUT2D eigenvalue weighted by Gasteiger charge is -2.04. The molecule has 1 N–H and O–H groups in total. The maximum Gasteiger partial charge on any atom is 0.245 e. The van der Waals surface area contributed by atoms with Crippen molar-refractivity contribution >= 4 is 32.5 Å². The van der Waals surface area contributed by atoms with Crippen molar-refractivity contribution in [3.8, 4) is 0 Å². The lowest BCUT2D eigenvalue weighted by atomic mass is 10.2. The molecule has 0 unspecified atom stereocenters. The molecule has 2 aromatic carbocycles. The van der Waals surface area contributed by atoms with Crippen molar-refractivity contribution in [2.45, 2.75) is 16.3 Å². The molecule has 7 nitrogen and oxygen atoms in total. The first-order valence-electron chi connectivity index (χ1n) is 8.14. The monoisotopic (exact) mass is 381 g/mol. The summed E-state index contributed by atoms with van der Waals surface area (Å²) in [6.07, 6.45) is 2.85. The summed E-state index contributed by atoms with van der Waals surface area (Å²) in [7, 11) is -3.71. The fourth-order valence-electron chi connectivity index (χ4n) is 2.90. The molecule has 27 heavy (non-hydrogen) atoms. The smallest absolute Gasteiger partial charge is 0.245 e. The summed E-state index contributed by atoms with van der Waals surface area (Å²) in [6.45, 7) is -0.0579. The molecule has 2 aromatic heterocycles. The highest BCUT2D eigenvalue weighted by Crippen LogP contribution is 2.30. The third-order valence-corrected chi connectivity index (χ3v) is 5.91. The van der Waals surface area contributed by atoms with E-state index in [1.54, 1.807) is 59.2 Å². The summed E-state index contributed by atoms with van der Waals surface area (Å²) in [5, 5.41) is 6.80. The molecule has 8 heteroatoms. The molecule has 0 radical (unpaired) electrons. The molecule has 0 spiro atoms. The number of carbonyl (C=O) groups excluding carboxylic acids is 1. The zero-order valence-electron chi connectivity index (χ0n) is 14.1. The van der Waals surface area contributed by atoms with Crippen LogP contribution in [0.1, 0.15) is 0 Å². The standard InChI is InChI=1S/C19H15N3O4S/c23-19(20-18-10-11-26-21-18)13-22-12-17(15-8-4-5-9-16(15)22)27(24,25)14-6-2-1-3-7-14/h1-12H,13H2,(H,20,21,23). The molecule has 2 heterocycles. The van der Waals surface area contributed by atoms with Gasteiger partial charge in [0.05, 0.1) is 9.79 Å². The summed E-state index contributed by atoms with van der Waals surface area (Å²) in [5.41, 5.74) is 0.655. The van der Waals surface area contributed by atoms with Gasteiger partial charge in [-0.3, -0.25) is 4.79 Å². The number of para-hydroxylation sites is 1. The van der Waals surface area contributed by atoms with Crippen LogP contribution in [0.3, 0.4) is 0 Å². The number of carbonyl (C=O) groups is 1. The van der Waals surface area contributed by atoms with Gasteiger partial charge in [0.15, 0.2) is 5.82 Å². The van der Waals surface area contributed by atoms with Crippen molar-refractivity contribution in [3.05, 3.63) is 73.1 Å². The van der Waals surface area contributed by atoms with E-state index in [0.717, 1.165) is 0 Å². The normalized spacial score (nSPS) is 11.6. The van der Waals surface area contributed by atoms with Crippen LogP contribution in [-0.4, -0.2) is 24.0 Å². The summed E-state index contributed by atoms with van der Waals surface area (Å²) >= 11 is 0. The minimum absolute atomic E-state index is 0.0579. The number of aromatic nitrogens is 2. The Labute approximate surface area is 155 Å². The average Bonchev–Trinajstić information content (AvgIpc) is 3.31. The van der Waals surface area contributed by atoms with Crippen LogP contribution in [0.15, 0.2) is 87.4 Å². The molecule has 0 fully saturated rings. The number of hydrogen-bond donors (Lipinski definition) is 1. The lowest BCUT2D eigenvalue weighted by molar-refractivity contribution is -0.116. The second kappa shape index (κ2) is 6.73. The van der Waals surface area contributed by atoms with Gasteiger partial charge >= 0.3 is 0 Å². The third-order valence-electron chi connectivity index (χ3n) is 4.11. The summed E-state index contributed by atoms with van der Waals surface area (Å²) < 4.78 is 32.4. The molecule has 0 aliphatic rings. The molecule has 0 aliphatic carbocycles. The maximum absolute atomic E-state index is 13.1. The number of nitrogens with one attached hydrogen (secondary N) is 1. The number of amides is 1. The van der Waals surface area contributed by atoms with E-state index < -0.39 is 9.84 Å². The van der Waals surface area contributed by atoms with E-state index in [1.807, 2.05) is 0 Å². The highest BCUT2D eigenvalue weighted by atomic mass is 32.2. The van der Waals surface area contributed by atoms with Crippen molar-refractivity contribution in [1.29, 1.82) is 0 Å². The molecule has 136 valence electrons. The Kier molecular flexibility index (Phi) is 4.25. The molecule has 0 saturated carbocycles. The van der Waals surface area contributed by atoms with Crippen molar-refractivity contribution in [2.75, 3.05) is 5.32 Å². The summed E-state index contributed by atoms with van der Waals surface area (Å²) in [6, 6.07) is 16.8. The van der Waals surface area contributed by atoms with Crippen LogP contribution in [-0.2, 0) is 21.2 Å². The van der Waals surface area contributed by atoms with Gasteiger partial charge in [-0.15, -0.1) is 0 Å². The Balaban J connectivity index is 1.74. The van der Waals surface area contributed by atoms with Crippen LogP contribution in [0.4, 0.5) is 5.82 Å². The molecule has 4 aromatic rings. The molecule has 4 rings (SSSR count). The molecular formula is C19H15N3O4S. The zero-order chi connectivity index (χ0) is 18.9. The van der Waals surface area contributed by atoms with Gasteiger partial charge in [0.2, 0.25) is 15.7 Å². The molecule has 1 amide bonds. The van der Waals surface area contributed by atoms with E-state index in [4.69, 9.17) is 0 Å². The van der Waals surface area contributed by atoms with Crippen molar-refractivity contribution < 1.29 is 17.7 Å². The Bertz CT molecular complexity index is 1200. The van der Waals surface area contributed by atoms with Crippen LogP contribution < -0.4 is 5.32 Å². The number of sulfone groups is 1. The van der Waals surface area contributed by atoms with Crippen molar-refractivity contribution in [3.63, 3.8) is 0 Å². The predicted octanol–water partition coefficient (Wildman–Crippen LogP) is 3.10. The average molecular weight is 381 g/mol. The molecule has 0 aliphatic heterocycles. The second-order valence-electron chi connectivity index (χ2n) is 5.89. The van der Waals surface area contributed by atoms with Crippen LogP contribution in [0.25, 0.3) is 10.9 Å². The van der Waals surface area contributed by atoms with E-state index in [0.29, 0.717) is 16.7 Å². The van der Waals surface area contributed by atoms with E-state index in [9.17, 15) is 13.2 Å². The molecule has 0 atom stereocenters. The van der Waals surface area contributed by atoms with Crippen molar-refractivity contribution in [1.82, 2.24) is 9.72 Å². The van der Waals surface area contributed by atoms with Gasteiger partial charge in [0.25, 0.3) is 0 Å². The van der Waals surface area contributed by atoms with Gasteiger partial charge in [-0.2, -0.15) is 0 Å². The largest absolute Gasteiger partial charge is 0.363 e. The van der Waals surface area contributed by atoms with E-state index in [1.165, 1.54) is 18.5 Å². The number of benzene rings is 2. The van der Waals surface area contributed by atoms with E-state index >= 15 is 0 Å². The summed E-state index contributed by atoms with van der Waals surface area (Å²) in [5.74, 6) is -0.0399. The number of rotatable bonds is 5. The first kappa shape index (κ1) is 17.0. The van der Waals surface area contributed by atoms with Gasteiger partial charge < -0.3 is 14.4 Å². The molecule has 0 saturated heterocycles. The predicted molar refractivity (Wildman–Crippen MR) is 99.0 cm³/mol. The fraction of sp³-hybridized carbons (Fsp3) is 0.0526. The van der Waals surface area contributed by atoms with Crippen LogP contribution in [0.2, 0.25) is 0 Å². The second-order valence-corrected chi connectivity index (χ2v) is 7.81. The van der Waals surface area contributed by atoms with Gasteiger partial charge in [-0.05, 0) is 18.2 Å². The Morgan fingerprint density at radius 2 is 1.78 bits per heavy atom. The maximum atomic E-state index is 13.1. The zero-order valence-corrected chi connectivity index (χ0v) is 14.9. The van der Waals surface area contributed by atoms with Gasteiger partial charge in [-0.1, -0.05) is 41.6 Å². The van der Waals surface area contributed by atoms with Gasteiger partial charge in [0.1, 0.15) is 12.8 Å².